The molecule has 0 heterocycles. The van der Waals surface area contributed by atoms with Gasteiger partial charge in [0.25, 0.3) is 0 Å². The average molecular weight is 268 g/mol. The van der Waals surface area contributed by atoms with Crippen molar-refractivity contribution in [2.24, 2.45) is 5.92 Å². The second-order valence-electron chi connectivity index (χ2n) is 5.08. The van der Waals surface area contributed by atoms with Crippen molar-refractivity contribution in [3.63, 3.8) is 0 Å². The predicted molar refractivity (Wildman–Crippen MR) is 73.5 cm³/mol. The van der Waals surface area contributed by atoms with E-state index in [1.807, 2.05) is 6.07 Å². The molecule has 1 saturated carbocycles. The SMILES string of the molecule is CC(CC1CCC1)Nc1ccc(Cl)c(C(=O)O)c1. The summed E-state index contributed by atoms with van der Waals surface area (Å²) in [6, 6.07) is 5.41. The molecule has 0 spiro atoms. The van der Waals surface area contributed by atoms with Crippen molar-refractivity contribution < 1.29 is 9.90 Å². The maximum Gasteiger partial charge on any atom is 0.337 e. The lowest BCUT2D eigenvalue weighted by Gasteiger charge is -2.29. The molecule has 0 aliphatic heterocycles. The van der Waals surface area contributed by atoms with Gasteiger partial charge in [0.15, 0.2) is 0 Å². The van der Waals surface area contributed by atoms with Crippen molar-refractivity contribution in [3.8, 4) is 0 Å². The molecule has 98 valence electrons. The molecular formula is C14H18ClNO2. The average Bonchev–Trinajstić information content (AvgIpc) is 2.26. The Hall–Kier alpha value is -1.22. The molecule has 4 heteroatoms. The van der Waals surface area contributed by atoms with Gasteiger partial charge in [-0.3, -0.25) is 0 Å². The third-order valence-corrected chi connectivity index (χ3v) is 3.85. The summed E-state index contributed by atoms with van der Waals surface area (Å²) in [6.45, 7) is 2.13. The standard InChI is InChI=1S/C14H18ClNO2/c1-9(7-10-3-2-4-10)16-11-5-6-13(15)12(8-11)14(17)18/h5-6,8-10,16H,2-4,7H2,1H3,(H,17,18). The number of benzene rings is 1. The molecule has 1 aromatic rings. The Labute approximate surface area is 112 Å². The van der Waals surface area contributed by atoms with Gasteiger partial charge in [-0.1, -0.05) is 30.9 Å². The van der Waals surface area contributed by atoms with Crippen molar-refractivity contribution in [3.05, 3.63) is 28.8 Å². The lowest BCUT2D eigenvalue weighted by molar-refractivity contribution is 0.0697. The van der Waals surface area contributed by atoms with Crippen molar-refractivity contribution in [2.45, 2.75) is 38.6 Å². The number of hydrogen-bond donors (Lipinski definition) is 2. The third kappa shape index (κ3) is 3.16. The smallest absolute Gasteiger partial charge is 0.337 e. The van der Waals surface area contributed by atoms with E-state index < -0.39 is 5.97 Å². The molecule has 1 aliphatic carbocycles. The highest BCUT2D eigenvalue weighted by molar-refractivity contribution is 6.33. The van der Waals surface area contributed by atoms with Crippen LogP contribution in [0.1, 0.15) is 43.0 Å². The molecule has 1 aliphatic rings. The zero-order chi connectivity index (χ0) is 13.1. The Morgan fingerprint density at radius 2 is 2.28 bits per heavy atom. The Morgan fingerprint density at radius 3 is 2.83 bits per heavy atom. The summed E-state index contributed by atoms with van der Waals surface area (Å²) in [6.07, 6.45) is 5.15. The summed E-state index contributed by atoms with van der Waals surface area (Å²) in [5, 5.41) is 12.6. The number of anilines is 1. The third-order valence-electron chi connectivity index (χ3n) is 3.52. The topological polar surface area (TPSA) is 49.3 Å². The van der Waals surface area contributed by atoms with E-state index in [0.29, 0.717) is 6.04 Å². The predicted octanol–water partition coefficient (Wildman–Crippen LogP) is 4.03. The van der Waals surface area contributed by atoms with Crippen LogP contribution < -0.4 is 5.32 Å². The van der Waals surface area contributed by atoms with Crippen LogP contribution in [0, 0.1) is 5.92 Å². The highest BCUT2D eigenvalue weighted by Crippen LogP contribution is 2.31. The molecule has 1 aromatic carbocycles. The molecule has 1 unspecified atom stereocenters. The molecule has 2 N–H and O–H groups in total. The second kappa shape index (κ2) is 5.61. The van der Waals surface area contributed by atoms with Crippen molar-refractivity contribution in [1.82, 2.24) is 0 Å². The first kappa shape index (κ1) is 13.2. The molecule has 0 aromatic heterocycles. The van der Waals surface area contributed by atoms with Gasteiger partial charge in [0.05, 0.1) is 10.6 Å². The van der Waals surface area contributed by atoms with E-state index in [0.717, 1.165) is 18.0 Å². The number of carboxylic acid groups (broad SMARTS) is 1. The van der Waals surface area contributed by atoms with Crippen molar-refractivity contribution >= 4 is 23.3 Å². The van der Waals surface area contributed by atoms with E-state index in [1.54, 1.807) is 12.1 Å². The van der Waals surface area contributed by atoms with Crippen LogP contribution in [-0.2, 0) is 0 Å². The van der Waals surface area contributed by atoms with Crippen LogP contribution in [0.2, 0.25) is 5.02 Å². The van der Waals surface area contributed by atoms with Gasteiger partial charge in [-0.15, -0.1) is 0 Å². The lowest BCUT2D eigenvalue weighted by atomic mass is 9.81. The Kier molecular flexibility index (Phi) is 4.12. The van der Waals surface area contributed by atoms with Crippen LogP contribution in [0.4, 0.5) is 5.69 Å². The highest BCUT2D eigenvalue weighted by atomic mass is 35.5. The van der Waals surface area contributed by atoms with Crippen LogP contribution in [-0.4, -0.2) is 17.1 Å². The van der Waals surface area contributed by atoms with Crippen molar-refractivity contribution in [1.29, 1.82) is 0 Å². The molecule has 0 saturated heterocycles. The number of hydrogen-bond acceptors (Lipinski definition) is 2. The van der Waals surface area contributed by atoms with Gasteiger partial charge in [-0.25, -0.2) is 4.79 Å². The van der Waals surface area contributed by atoms with Gasteiger partial charge >= 0.3 is 5.97 Å². The molecule has 0 radical (unpaired) electrons. The van der Waals surface area contributed by atoms with E-state index in [2.05, 4.69) is 12.2 Å². The molecule has 3 nitrogen and oxygen atoms in total. The largest absolute Gasteiger partial charge is 0.478 e. The van der Waals surface area contributed by atoms with E-state index >= 15 is 0 Å². The van der Waals surface area contributed by atoms with E-state index in [4.69, 9.17) is 16.7 Å². The van der Waals surface area contributed by atoms with Gasteiger partial charge in [0.1, 0.15) is 0 Å². The van der Waals surface area contributed by atoms with Crippen molar-refractivity contribution in [2.75, 3.05) is 5.32 Å². The highest BCUT2D eigenvalue weighted by Gasteiger charge is 2.20. The number of carboxylic acids is 1. The molecule has 2 rings (SSSR count). The minimum absolute atomic E-state index is 0.150. The van der Waals surface area contributed by atoms with Crippen LogP contribution in [0.25, 0.3) is 0 Å². The van der Waals surface area contributed by atoms with Gasteiger partial charge < -0.3 is 10.4 Å². The summed E-state index contributed by atoms with van der Waals surface area (Å²) < 4.78 is 0. The van der Waals surface area contributed by atoms with Gasteiger partial charge in [-0.2, -0.15) is 0 Å². The zero-order valence-corrected chi connectivity index (χ0v) is 11.2. The zero-order valence-electron chi connectivity index (χ0n) is 10.4. The first-order valence-corrected chi connectivity index (χ1v) is 6.73. The van der Waals surface area contributed by atoms with E-state index in [1.165, 1.54) is 19.3 Å². The summed E-state index contributed by atoms with van der Waals surface area (Å²) >= 11 is 5.84. The normalized spacial score (nSPS) is 17.0. The van der Waals surface area contributed by atoms with Crippen LogP contribution in [0.15, 0.2) is 18.2 Å². The Bertz CT molecular complexity index is 443. The maximum absolute atomic E-state index is 11.0. The first-order valence-electron chi connectivity index (χ1n) is 6.35. The monoisotopic (exact) mass is 267 g/mol. The molecule has 18 heavy (non-hydrogen) atoms. The summed E-state index contributed by atoms with van der Waals surface area (Å²) in [5.41, 5.74) is 0.973. The Morgan fingerprint density at radius 1 is 1.56 bits per heavy atom. The minimum atomic E-state index is -0.990. The molecule has 1 atom stereocenters. The van der Waals surface area contributed by atoms with Gasteiger partial charge in [-0.05, 0) is 37.5 Å². The minimum Gasteiger partial charge on any atom is -0.478 e. The fourth-order valence-electron chi connectivity index (χ4n) is 2.35. The van der Waals surface area contributed by atoms with Crippen LogP contribution in [0.5, 0.6) is 0 Å². The fraction of sp³-hybridized carbons (Fsp3) is 0.500. The number of halogens is 1. The molecule has 0 bridgehead atoms. The number of rotatable bonds is 5. The number of aromatic carboxylic acids is 1. The molecular weight excluding hydrogens is 250 g/mol. The van der Waals surface area contributed by atoms with Crippen LogP contribution >= 0.6 is 11.6 Å². The lowest BCUT2D eigenvalue weighted by Crippen LogP contribution is -2.23. The summed E-state index contributed by atoms with van der Waals surface area (Å²) in [4.78, 5) is 11.0. The maximum atomic E-state index is 11.0. The van der Waals surface area contributed by atoms with Gasteiger partial charge in [0.2, 0.25) is 0 Å². The number of nitrogens with one attached hydrogen (secondary N) is 1. The molecule has 1 fully saturated rings. The first-order chi connectivity index (χ1) is 8.56. The van der Waals surface area contributed by atoms with E-state index in [-0.39, 0.29) is 10.6 Å². The van der Waals surface area contributed by atoms with Crippen LogP contribution in [0.3, 0.4) is 0 Å². The van der Waals surface area contributed by atoms with E-state index in [9.17, 15) is 4.79 Å². The van der Waals surface area contributed by atoms with Gasteiger partial charge in [0, 0.05) is 11.7 Å². The fourth-order valence-corrected chi connectivity index (χ4v) is 2.55. The summed E-state index contributed by atoms with van der Waals surface area (Å²) in [5.74, 6) is -0.158. The molecule has 0 amide bonds. The quantitative estimate of drug-likeness (QED) is 0.847. The Balaban J connectivity index is 1.99. The summed E-state index contributed by atoms with van der Waals surface area (Å²) in [7, 11) is 0. The second-order valence-corrected chi connectivity index (χ2v) is 5.48. The number of carbonyl (C=O) groups is 1.